The number of anilines is 1. The molecule has 3 aliphatic rings. The van der Waals surface area contributed by atoms with Crippen LogP contribution in [0.3, 0.4) is 0 Å². The molecule has 1 saturated heterocycles. The number of alkyl halides is 3. The Labute approximate surface area is 240 Å². The summed E-state index contributed by atoms with van der Waals surface area (Å²) in [5.41, 5.74) is 2.22. The molecule has 2 fully saturated rings. The third-order valence-corrected chi connectivity index (χ3v) is 8.36. The van der Waals surface area contributed by atoms with Gasteiger partial charge in [-0.2, -0.15) is 18.2 Å². The largest absolute Gasteiger partial charge is 0.443 e. The highest BCUT2D eigenvalue weighted by atomic mass is 19.4. The second kappa shape index (κ2) is 11.6. The van der Waals surface area contributed by atoms with E-state index in [1.165, 1.54) is 4.90 Å². The number of nitrogens with one attached hydrogen (secondary N) is 1. The Morgan fingerprint density at radius 2 is 1.71 bits per heavy atom. The maximum absolute atomic E-state index is 12.9. The second-order valence-corrected chi connectivity index (χ2v) is 12.8. The molecule has 2 heterocycles. The van der Waals surface area contributed by atoms with E-state index < -0.39 is 35.2 Å². The van der Waals surface area contributed by atoms with Crippen molar-refractivity contribution in [1.29, 1.82) is 0 Å². The number of benzene rings is 1. The van der Waals surface area contributed by atoms with Gasteiger partial charge in [-0.05, 0) is 108 Å². The molecule has 41 heavy (non-hydrogen) atoms. The van der Waals surface area contributed by atoms with Gasteiger partial charge >= 0.3 is 12.3 Å². The highest BCUT2D eigenvalue weighted by Gasteiger charge is 2.55. The zero-order chi connectivity index (χ0) is 30.2. The number of aliphatic imine (C=N–C) groups is 1. The zero-order valence-corrected chi connectivity index (χ0v) is 25.0. The molecule has 1 aromatic rings. The van der Waals surface area contributed by atoms with E-state index >= 15 is 0 Å². The molecule has 1 aromatic carbocycles. The summed E-state index contributed by atoms with van der Waals surface area (Å²) in [7, 11) is 1.70. The van der Waals surface area contributed by atoms with Gasteiger partial charge in [0, 0.05) is 37.7 Å². The van der Waals surface area contributed by atoms with Gasteiger partial charge in [0.2, 0.25) is 0 Å². The molecule has 1 saturated carbocycles. The molecule has 1 aliphatic carbocycles. The van der Waals surface area contributed by atoms with E-state index in [2.05, 4.69) is 5.32 Å². The lowest BCUT2D eigenvalue weighted by Gasteiger charge is -2.34. The average Bonchev–Trinajstić information content (AvgIpc) is 3.57. The fraction of sp³-hybridized carbons (Fsp3) is 0.700. The van der Waals surface area contributed by atoms with Crippen LogP contribution >= 0.6 is 0 Å². The molecule has 8 nitrogen and oxygen atoms in total. The second-order valence-electron chi connectivity index (χ2n) is 12.8. The van der Waals surface area contributed by atoms with Crippen LogP contribution in [0.15, 0.2) is 17.1 Å². The van der Waals surface area contributed by atoms with Crippen LogP contribution in [-0.2, 0) is 20.8 Å². The van der Waals surface area contributed by atoms with E-state index in [0.717, 1.165) is 35.2 Å². The predicted octanol–water partition coefficient (Wildman–Crippen LogP) is 6.02. The van der Waals surface area contributed by atoms with E-state index in [1.54, 1.807) is 7.05 Å². The Hall–Kier alpha value is -2.66. The molecule has 1 spiro atoms. The maximum Gasteiger partial charge on any atom is 0.414 e. The Bertz CT molecular complexity index is 1160. The number of hydroxylamine groups is 2. The van der Waals surface area contributed by atoms with Gasteiger partial charge in [0.1, 0.15) is 17.0 Å². The minimum atomic E-state index is -4.16. The summed E-state index contributed by atoms with van der Waals surface area (Å²) in [4.78, 5) is 37.8. The highest BCUT2D eigenvalue weighted by molar-refractivity contribution is 6.11. The number of carbonyl (C=O) groups excluding carboxylic acids is 2. The van der Waals surface area contributed by atoms with Gasteiger partial charge in [0.25, 0.3) is 5.91 Å². The van der Waals surface area contributed by atoms with E-state index in [1.807, 2.05) is 51.8 Å². The van der Waals surface area contributed by atoms with Crippen LogP contribution in [0.1, 0.15) is 82.4 Å². The van der Waals surface area contributed by atoms with Crippen molar-refractivity contribution in [1.82, 2.24) is 10.4 Å². The van der Waals surface area contributed by atoms with Crippen LogP contribution in [0.2, 0.25) is 0 Å². The molecule has 0 bridgehead atoms. The monoisotopic (exact) mass is 580 g/mol. The molecule has 4 rings (SSSR count). The lowest BCUT2D eigenvalue weighted by Crippen LogP contribution is -2.49. The van der Waals surface area contributed by atoms with Gasteiger partial charge in [-0.1, -0.05) is 0 Å². The fourth-order valence-electron chi connectivity index (χ4n) is 5.75. The molecule has 0 atom stereocenters. The molecule has 1 N–H and O–H groups in total. The van der Waals surface area contributed by atoms with Crippen molar-refractivity contribution in [2.75, 3.05) is 31.6 Å². The molecular weight excluding hydrogens is 537 g/mol. The number of amides is 2. The molecule has 228 valence electrons. The molecule has 2 amide bonds. The van der Waals surface area contributed by atoms with Crippen LogP contribution in [0.5, 0.6) is 0 Å². The van der Waals surface area contributed by atoms with E-state index in [0.29, 0.717) is 51.2 Å². The number of ether oxygens (including phenoxy) is 1. The van der Waals surface area contributed by atoms with Gasteiger partial charge in [0.05, 0.1) is 6.61 Å². The summed E-state index contributed by atoms with van der Waals surface area (Å²) < 4.78 is 43.3. The molecular formula is C30H43F3N4O4. The molecule has 0 unspecified atom stereocenters. The smallest absolute Gasteiger partial charge is 0.414 e. The lowest BCUT2D eigenvalue weighted by molar-refractivity contribution is -0.176. The first kappa shape index (κ1) is 31.3. The summed E-state index contributed by atoms with van der Waals surface area (Å²) in [6.45, 7) is 11.1. The van der Waals surface area contributed by atoms with Gasteiger partial charge < -0.3 is 10.1 Å². The number of aryl methyl sites for hydroxylation is 2. The Kier molecular flexibility index (Phi) is 8.81. The Morgan fingerprint density at radius 3 is 2.24 bits per heavy atom. The fourth-order valence-corrected chi connectivity index (χ4v) is 5.75. The number of amidine groups is 1. The molecule has 11 heteroatoms. The topological polar surface area (TPSA) is 83.5 Å². The van der Waals surface area contributed by atoms with Crippen LogP contribution < -0.4 is 10.2 Å². The van der Waals surface area contributed by atoms with Gasteiger partial charge in [-0.15, -0.1) is 0 Å². The van der Waals surface area contributed by atoms with Crippen molar-refractivity contribution in [3.63, 3.8) is 0 Å². The Balaban J connectivity index is 1.28. The van der Waals surface area contributed by atoms with Crippen molar-refractivity contribution < 1.29 is 32.3 Å². The summed E-state index contributed by atoms with van der Waals surface area (Å²) in [5, 5.41) is 4.80. The van der Waals surface area contributed by atoms with Crippen LogP contribution in [0, 0.1) is 19.3 Å². The van der Waals surface area contributed by atoms with Crippen LogP contribution in [-0.4, -0.2) is 67.0 Å². The summed E-state index contributed by atoms with van der Waals surface area (Å²) >= 11 is 0. The number of piperidine rings is 1. The summed E-state index contributed by atoms with van der Waals surface area (Å²) in [5.74, 6) is 0.447. The van der Waals surface area contributed by atoms with Crippen molar-refractivity contribution in [2.45, 2.75) is 103 Å². The highest BCUT2D eigenvalue weighted by Crippen LogP contribution is 2.53. The minimum Gasteiger partial charge on any atom is -0.443 e. The number of carbonyl (C=O) groups is 2. The molecule has 0 aromatic heterocycles. The number of nitrogens with zero attached hydrogens (tertiary/aromatic N) is 3. The van der Waals surface area contributed by atoms with E-state index in [9.17, 15) is 22.8 Å². The van der Waals surface area contributed by atoms with Crippen molar-refractivity contribution in [3.05, 3.63) is 28.8 Å². The first-order valence-electron chi connectivity index (χ1n) is 14.5. The zero-order valence-electron chi connectivity index (χ0n) is 25.0. The number of hydrogen-bond acceptors (Lipinski definition) is 6. The third-order valence-electron chi connectivity index (χ3n) is 8.36. The van der Waals surface area contributed by atoms with Crippen molar-refractivity contribution in [3.8, 4) is 0 Å². The van der Waals surface area contributed by atoms with Gasteiger partial charge in [0.15, 0.2) is 0 Å². The van der Waals surface area contributed by atoms with Crippen molar-refractivity contribution in [2.24, 2.45) is 10.4 Å². The van der Waals surface area contributed by atoms with Gasteiger partial charge in [-0.25, -0.2) is 4.79 Å². The summed E-state index contributed by atoms with van der Waals surface area (Å²) in [6.07, 6.45) is -1.68. The number of hydrogen-bond donors (Lipinski definition) is 1. The molecule has 0 radical (unpaired) electrons. The first-order chi connectivity index (χ1) is 19.0. The predicted molar refractivity (Wildman–Crippen MR) is 151 cm³/mol. The lowest BCUT2D eigenvalue weighted by atomic mass is 9.89. The first-order valence-corrected chi connectivity index (χ1v) is 14.5. The number of halogens is 3. The normalized spacial score (nSPS) is 20.1. The van der Waals surface area contributed by atoms with Gasteiger partial charge in [-0.3, -0.25) is 19.5 Å². The van der Waals surface area contributed by atoms with E-state index in [4.69, 9.17) is 14.6 Å². The van der Waals surface area contributed by atoms with Crippen molar-refractivity contribution >= 4 is 23.5 Å². The number of rotatable bonds is 9. The Morgan fingerprint density at radius 1 is 1.10 bits per heavy atom. The average molecular weight is 581 g/mol. The summed E-state index contributed by atoms with van der Waals surface area (Å²) in [6, 6.07) is 3.95. The molecule has 2 aliphatic heterocycles. The van der Waals surface area contributed by atoms with Crippen LogP contribution in [0.25, 0.3) is 0 Å². The quantitative estimate of drug-likeness (QED) is 0.386. The van der Waals surface area contributed by atoms with E-state index in [-0.39, 0.29) is 12.3 Å². The standard InChI is InChI=1S/C30H43F3N4O4/c1-20-18-22(36(6)26(39)41-27(3,4)5)19-21(2)23(20)8-17-40-37-15-13-29(14-16-37)25(38)34-24(35-29)28(11-12-28)9-7-10-30(31,32)33/h18-19H,7-17H2,1-6H3,(H,34,35,38). The minimum absolute atomic E-state index is 0.0507. The third kappa shape index (κ3) is 7.60. The maximum atomic E-state index is 12.9. The van der Waals surface area contributed by atoms with Crippen LogP contribution in [0.4, 0.5) is 23.7 Å². The SMILES string of the molecule is Cc1cc(N(C)C(=O)OC(C)(C)C)cc(C)c1CCON1CCC2(CC1)N=C(C1(CCCC(F)(F)F)CC1)NC2=O.